The number of hydrogen-bond acceptors (Lipinski definition) is 5. The molecule has 31 heavy (non-hydrogen) atoms. The predicted molar refractivity (Wildman–Crippen MR) is 120 cm³/mol. The highest BCUT2D eigenvalue weighted by molar-refractivity contribution is 6.12. The minimum Gasteiger partial charge on any atom is -0.482 e. The van der Waals surface area contributed by atoms with Crippen LogP contribution in [0.3, 0.4) is 0 Å². The lowest BCUT2D eigenvalue weighted by atomic mass is 9.77. The number of methoxy groups -OCH3 is 1. The standard InChI is InChI=1S/C26H23NO4/c1-30-23(29)15-31-18-12-9-17(10-13-18)26-25-20(7-4-8-22(25)28)24-19-6-3-2-5-16(19)11-14-21(24)27-26/h2-3,5-6,9-14,26-27H,4,7-8,15H2,1H3/t26-/m1/s1. The number of esters is 1. The minimum atomic E-state index is -0.426. The van der Waals surface area contributed by atoms with Gasteiger partial charge < -0.3 is 14.8 Å². The van der Waals surface area contributed by atoms with E-state index < -0.39 is 5.97 Å². The molecule has 0 saturated carbocycles. The molecule has 1 aliphatic heterocycles. The predicted octanol–water partition coefficient (Wildman–Crippen LogP) is 5.07. The average Bonchev–Trinajstić information content (AvgIpc) is 2.82. The fraction of sp³-hybridized carbons (Fsp3) is 0.231. The van der Waals surface area contributed by atoms with Crippen molar-refractivity contribution in [1.29, 1.82) is 0 Å². The van der Waals surface area contributed by atoms with Gasteiger partial charge in [-0.25, -0.2) is 4.79 Å². The van der Waals surface area contributed by atoms with Crippen LogP contribution in [0.4, 0.5) is 5.69 Å². The molecule has 5 heteroatoms. The van der Waals surface area contributed by atoms with Gasteiger partial charge in [-0.3, -0.25) is 4.79 Å². The van der Waals surface area contributed by atoms with E-state index in [0.717, 1.165) is 40.8 Å². The summed E-state index contributed by atoms with van der Waals surface area (Å²) in [5.74, 6) is 0.369. The quantitative estimate of drug-likeness (QED) is 0.606. The van der Waals surface area contributed by atoms with Gasteiger partial charge in [-0.1, -0.05) is 42.5 Å². The topological polar surface area (TPSA) is 64.6 Å². The van der Waals surface area contributed by atoms with E-state index in [4.69, 9.17) is 4.74 Å². The Morgan fingerprint density at radius 3 is 2.65 bits per heavy atom. The Kier molecular flexibility index (Phi) is 4.94. The van der Waals surface area contributed by atoms with E-state index in [1.54, 1.807) is 0 Å². The Hall–Kier alpha value is -3.60. The van der Waals surface area contributed by atoms with Gasteiger partial charge >= 0.3 is 5.97 Å². The Balaban J connectivity index is 1.55. The van der Waals surface area contributed by atoms with Gasteiger partial charge in [0.25, 0.3) is 0 Å². The molecule has 0 amide bonds. The van der Waals surface area contributed by atoms with Crippen molar-refractivity contribution < 1.29 is 19.1 Å². The number of carbonyl (C=O) groups excluding carboxylic acids is 2. The number of allylic oxidation sites excluding steroid dienone is 1. The van der Waals surface area contributed by atoms with Crippen molar-refractivity contribution in [3.05, 3.63) is 77.4 Å². The zero-order valence-corrected chi connectivity index (χ0v) is 17.3. The fourth-order valence-electron chi connectivity index (χ4n) is 4.61. The highest BCUT2D eigenvalue weighted by Crippen LogP contribution is 2.47. The zero-order chi connectivity index (χ0) is 21.4. The van der Waals surface area contributed by atoms with Gasteiger partial charge in [0, 0.05) is 23.2 Å². The Morgan fingerprint density at radius 2 is 1.84 bits per heavy atom. The number of anilines is 1. The van der Waals surface area contributed by atoms with Crippen LogP contribution in [0.25, 0.3) is 16.3 Å². The summed E-state index contributed by atoms with van der Waals surface area (Å²) in [5, 5.41) is 5.98. The molecule has 1 heterocycles. The van der Waals surface area contributed by atoms with E-state index in [2.05, 4.69) is 34.3 Å². The fourth-order valence-corrected chi connectivity index (χ4v) is 4.61. The van der Waals surface area contributed by atoms with Crippen LogP contribution >= 0.6 is 0 Å². The SMILES string of the molecule is COC(=O)COc1ccc([C@H]2Nc3ccc4ccccc4c3C3=C2C(=O)CCC3)cc1. The maximum atomic E-state index is 13.1. The van der Waals surface area contributed by atoms with Crippen molar-refractivity contribution in [2.75, 3.05) is 19.0 Å². The molecule has 0 saturated heterocycles. The maximum absolute atomic E-state index is 13.1. The van der Waals surface area contributed by atoms with Crippen LogP contribution in [-0.2, 0) is 14.3 Å². The molecule has 0 aromatic heterocycles. The van der Waals surface area contributed by atoms with Gasteiger partial charge in [-0.15, -0.1) is 0 Å². The molecular weight excluding hydrogens is 390 g/mol. The van der Waals surface area contributed by atoms with Crippen LogP contribution in [0.2, 0.25) is 0 Å². The van der Waals surface area contributed by atoms with Crippen molar-refractivity contribution in [2.45, 2.75) is 25.3 Å². The summed E-state index contributed by atoms with van der Waals surface area (Å²) in [4.78, 5) is 24.4. The second kappa shape index (κ2) is 7.91. The van der Waals surface area contributed by atoms with Gasteiger partial charge in [-0.05, 0) is 52.9 Å². The summed E-state index contributed by atoms with van der Waals surface area (Å²) in [6.45, 7) is -0.133. The minimum absolute atomic E-state index is 0.133. The van der Waals surface area contributed by atoms with Crippen LogP contribution in [0, 0.1) is 0 Å². The van der Waals surface area contributed by atoms with Crippen LogP contribution in [0.15, 0.2) is 66.2 Å². The summed E-state index contributed by atoms with van der Waals surface area (Å²) in [6, 6.07) is 19.9. The van der Waals surface area contributed by atoms with Crippen molar-refractivity contribution in [3.63, 3.8) is 0 Å². The number of rotatable bonds is 4. The molecule has 0 unspecified atom stereocenters. The number of ether oxygens (including phenoxy) is 2. The highest BCUT2D eigenvalue weighted by atomic mass is 16.6. The Morgan fingerprint density at radius 1 is 1.03 bits per heavy atom. The molecule has 0 radical (unpaired) electrons. The van der Waals surface area contributed by atoms with Crippen LogP contribution < -0.4 is 10.1 Å². The summed E-state index contributed by atoms with van der Waals surface area (Å²) in [5.41, 5.74) is 5.25. The molecule has 1 N–H and O–H groups in total. The van der Waals surface area contributed by atoms with Crippen molar-refractivity contribution in [3.8, 4) is 5.75 Å². The first-order valence-electron chi connectivity index (χ1n) is 10.5. The van der Waals surface area contributed by atoms with E-state index in [1.807, 2.05) is 36.4 Å². The lowest BCUT2D eigenvalue weighted by Gasteiger charge is -2.35. The van der Waals surface area contributed by atoms with E-state index in [-0.39, 0.29) is 18.4 Å². The molecule has 3 aromatic rings. The van der Waals surface area contributed by atoms with E-state index in [9.17, 15) is 9.59 Å². The number of fused-ring (bicyclic) bond motifs is 4. The first-order chi connectivity index (χ1) is 15.2. The molecule has 5 rings (SSSR count). The zero-order valence-electron chi connectivity index (χ0n) is 17.3. The lowest BCUT2D eigenvalue weighted by molar-refractivity contribution is -0.142. The molecule has 0 spiro atoms. The second-order valence-corrected chi connectivity index (χ2v) is 7.89. The average molecular weight is 413 g/mol. The third-order valence-corrected chi connectivity index (χ3v) is 6.07. The van der Waals surface area contributed by atoms with Gasteiger partial charge in [0.05, 0.1) is 13.2 Å². The smallest absolute Gasteiger partial charge is 0.343 e. The first kappa shape index (κ1) is 19.4. The van der Waals surface area contributed by atoms with Gasteiger partial charge in [-0.2, -0.15) is 0 Å². The number of nitrogens with one attached hydrogen (secondary N) is 1. The van der Waals surface area contributed by atoms with Crippen LogP contribution in [-0.4, -0.2) is 25.5 Å². The summed E-state index contributed by atoms with van der Waals surface area (Å²) < 4.78 is 10.1. The number of benzene rings is 3. The van der Waals surface area contributed by atoms with Gasteiger partial charge in [0.2, 0.25) is 0 Å². The monoisotopic (exact) mass is 413 g/mol. The summed E-state index contributed by atoms with van der Waals surface area (Å²) >= 11 is 0. The molecule has 1 aliphatic carbocycles. The molecule has 3 aromatic carbocycles. The number of hydrogen-bond donors (Lipinski definition) is 1. The van der Waals surface area contributed by atoms with E-state index in [0.29, 0.717) is 12.2 Å². The van der Waals surface area contributed by atoms with Gasteiger partial charge in [0.1, 0.15) is 5.75 Å². The molecule has 5 nitrogen and oxygen atoms in total. The molecule has 0 bridgehead atoms. The van der Waals surface area contributed by atoms with Crippen LogP contribution in [0.1, 0.15) is 36.4 Å². The number of ketones is 1. The van der Waals surface area contributed by atoms with Crippen molar-refractivity contribution in [1.82, 2.24) is 0 Å². The number of carbonyl (C=O) groups is 2. The third kappa shape index (κ3) is 3.46. The van der Waals surface area contributed by atoms with E-state index in [1.165, 1.54) is 17.9 Å². The normalized spacial score (nSPS) is 17.6. The lowest BCUT2D eigenvalue weighted by Crippen LogP contribution is -2.27. The molecule has 156 valence electrons. The molecule has 0 fully saturated rings. The molecular formula is C26H23NO4. The van der Waals surface area contributed by atoms with Gasteiger partial charge in [0.15, 0.2) is 12.4 Å². The summed E-state index contributed by atoms with van der Waals surface area (Å²) in [6.07, 6.45) is 2.37. The Bertz CT molecular complexity index is 1210. The molecule has 2 aliphatic rings. The maximum Gasteiger partial charge on any atom is 0.343 e. The van der Waals surface area contributed by atoms with Crippen molar-refractivity contribution in [2.24, 2.45) is 0 Å². The third-order valence-electron chi connectivity index (χ3n) is 6.07. The summed E-state index contributed by atoms with van der Waals surface area (Å²) in [7, 11) is 1.33. The van der Waals surface area contributed by atoms with E-state index >= 15 is 0 Å². The Labute approximate surface area is 180 Å². The number of Topliss-reactive ketones (excluding diaryl/α,β-unsaturated/α-hetero) is 1. The highest BCUT2D eigenvalue weighted by Gasteiger charge is 2.34. The largest absolute Gasteiger partial charge is 0.482 e. The second-order valence-electron chi connectivity index (χ2n) is 7.89. The molecule has 1 atom stereocenters. The van der Waals surface area contributed by atoms with Crippen LogP contribution in [0.5, 0.6) is 5.75 Å². The van der Waals surface area contributed by atoms with Crippen molar-refractivity contribution >= 4 is 33.8 Å². The first-order valence-corrected chi connectivity index (χ1v) is 10.5.